The molecule has 1 unspecified atom stereocenters. The topological polar surface area (TPSA) is 60.9 Å². The minimum atomic E-state index is -0.862. The van der Waals surface area contributed by atoms with Crippen LogP contribution in [0.15, 0.2) is 0 Å². The fourth-order valence-electron chi connectivity index (χ4n) is 3.05. The molecule has 0 aromatic rings. The maximum Gasteiger partial charge on any atom is 0.304 e. The smallest absolute Gasteiger partial charge is 0.304 e. The van der Waals surface area contributed by atoms with Gasteiger partial charge in [-0.05, 0) is 45.8 Å². The van der Waals surface area contributed by atoms with Gasteiger partial charge in [-0.25, -0.2) is 0 Å². The zero-order valence-corrected chi connectivity index (χ0v) is 13.0. The molecular formula is C15H28N2O3. The molecule has 0 spiro atoms. The molecule has 5 nitrogen and oxygen atoms in total. The molecule has 20 heavy (non-hydrogen) atoms. The third kappa shape index (κ3) is 4.47. The first-order valence-electron chi connectivity index (χ1n) is 7.78. The lowest BCUT2D eigenvalue weighted by molar-refractivity contribution is -0.148. The number of nitrogens with zero attached hydrogens (tertiary/aromatic N) is 2. The quantitative estimate of drug-likeness (QED) is 0.859. The number of carboxylic acid groups (broad SMARTS) is 1. The van der Waals surface area contributed by atoms with Gasteiger partial charge in [-0.15, -0.1) is 0 Å². The van der Waals surface area contributed by atoms with E-state index in [1.807, 2.05) is 18.7 Å². The maximum atomic E-state index is 12.3. The predicted molar refractivity (Wildman–Crippen MR) is 78.6 cm³/mol. The van der Waals surface area contributed by atoms with Gasteiger partial charge in [0.2, 0.25) is 5.91 Å². The number of hydrogen-bond donors (Lipinski definition) is 1. The fraction of sp³-hybridized carbons (Fsp3) is 0.867. The minimum absolute atomic E-state index is 0.0119. The van der Waals surface area contributed by atoms with Gasteiger partial charge in [-0.2, -0.15) is 0 Å². The average molecular weight is 284 g/mol. The lowest BCUT2D eigenvalue weighted by Gasteiger charge is -2.41. The van der Waals surface area contributed by atoms with Gasteiger partial charge in [0, 0.05) is 18.5 Å². The van der Waals surface area contributed by atoms with Crippen LogP contribution in [0.1, 0.15) is 46.0 Å². The second kappa shape index (κ2) is 8.25. The van der Waals surface area contributed by atoms with E-state index < -0.39 is 5.97 Å². The Labute approximate surface area is 121 Å². The highest BCUT2D eigenvalue weighted by molar-refractivity contribution is 5.84. The van der Waals surface area contributed by atoms with Crippen LogP contribution >= 0.6 is 0 Å². The molecule has 2 rings (SSSR count). The Kier molecular flexibility index (Phi) is 6.99. The Morgan fingerprint density at radius 1 is 1.20 bits per heavy atom. The van der Waals surface area contributed by atoms with E-state index in [4.69, 9.17) is 5.11 Å². The fourth-order valence-corrected chi connectivity index (χ4v) is 3.05. The Hall–Kier alpha value is -1.10. The first-order valence-corrected chi connectivity index (χ1v) is 7.78. The molecule has 2 aliphatic rings. The summed E-state index contributed by atoms with van der Waals surface area (Å²) < 4.78 is 0. The third-order valence-electron chi connectivity index (χ3n) is 4.13. The van der Waals surface area contributed by atoms with Gasteiger partial charge in [-0.1, -0.05) is 13.8 Å². The second-order valence-corrected chi connectivity index (χ2v) is 5.50. The van der Waals surface area contributed by atoms with Crippen LogP contribution in [0.4, 0.5) is 0 Å². The molecular weight excluding hydrogens is 256 g/mol. The molecule has 0 aromatic heterocycles. The summed E-state index contributed by atoms with van der Waals surface area (Å²) in [6, 6.07) is 0.324. The van der Waals surface area contributed by atoms with E-state index in [0.717, 1.165) is 45.3 Å². The highest BCUT2D eigenvalue weighted by atomic mass is 16.4. The van der Waals surface area contributed by atoms with Crippen molar-refractivity contribution in [3.05, 3.63) is 0 Å². The van der Waals surface area contributed by atoms with Gasteiger partial charge >= 0.3 is 5.97 Å². The van der Waals surface area contributed by atoms with Crippen molar-refractivity contribution in [2.45, 2.75) is 52.0 Å². The monoisotopic (exact) mass is 284 g/mol. The molecule has 0 bridgehead atoms. The van der Waals surface area contributed by atoms with Gasteiger partial charge in [0.05, 0.1) is 6.42 Å². The second-order valence-electron chi connectivity index (χ2n) is 5.50. The molecule has 0 radical (unpaired) electrons. The highest BCUT2D eigenvalue weighted by Crippen LogP contribution is 2.26. The lowest BCUT2D eigenvalue weighted by atomic mass is 9.91. The van der Waals surface area contributed by atoms with Crippen molar-refractivity contribution in [1.29, 1.82) is 0 Å². The summed E-state index contributed by atoms with van der Waals surface area (Å²) in [5.41, 5.74) is 0. The molecule has 1 atom stereocenters. The van der Waals surface area contributed by atoms with Crippen molar-refractivity contribution in [1.82, 2.24) is 9.80 Å². The van der Waals surface area contributed by atoms with Crippen molar-refractivity contribution < 1.29 is 14.7 Å². The molecule has 0 saturated carbocycles. The van der Waals surface area contributed by atoms with E-state index in [0.29, 0.717) is 6.04 Å². The van der Waals surface area contributed by atoms with E-state index >= 15 is 0 Å². The van der Waals surface area contributed by atoms with E-state index in [2.05, 4.69) is 11.9 Å². The van der Waals surface area contributed by atoms with Crippen molar-refractivity contribution in [2.24, 2.45) is 5.92 Å². The lowest BCUT2D eigenvalue weighted by Crippen LogP contribution is -2.51. The van der Waals surface area contributed by atoms with Crippen LogP contribution in [0, 0.1) is 5.92 Å². The molecule has 2 fully saturated rings. The van der Waals surface area contributed by atoms with E-state index in [1.54, 1.807) is 0 Å². The van der Waals surface area contributed by atoms with Crippen LogP contribution in [-0.2, 0) is 9.59 Å². The van der Waals surface area contributed by atoms with E-state index in [1.165, 1.54) is 0 Å². The average Bonchev–Trinajstić information content (AvgIpc) is 2.44. The predicted octanol–water partition coefficient (Wildman–Crippen LogP) is 1.82. The molecule has 5 heteroatoms. The van der Waals surface area contributed by atoms with Gasteiger partial charge in [0.15, 0.2) is 0 Å². The van der Waals surface area contributed by atoms with Crippen molar-refractivity contribution in [2.75, 3.05) is 26.7 Å². The first-order chi connectivity index (χ1) is 9.58. The molecule has 2 saturated heterocycles. The maximum absolute atomic E-state index is 12.3. The summed E-state index contributed by atoms with van der Waals surface area (Å²) >= 11 is 0. The van der Waals surface area contributed by atoms with Crippen molar-refractivity contribution >= 4 is 11.9 Å². The largest absolute Gasteiger partial charge is 0.481 e. The molecule has 0 aromatic carbocycles. The number of hydrogen-bond acceptors (Lipinski definition) is 3. The molecule has 1 amide bonds. The van der Waals surface area contributed by atoms with Crippen LogP contribution in [0.25, 0.3) is 0 Å². The standard InChI is InChI=1S/C13H22N2O3.C2H6/c1-14-7-4-11(5-8-14)15-6-2-3-10(13(15)18)9-12(16)17;1-2/h10-11H,2-9H2,1H3,(H,16,17);1-2H3. The SMILES string of the molecule is CC.CN1CCC(N2CCCC(CC(=O)O)C2=O)CC1. The number of carbonyl (C=O) groups excluding carboxylic acids is 1. The van der Waals surface area contributed by atoms with Gasteiger partial charge < -0.3 is 14.9 Å². The summed E-state index contributed by atoms with van der Waals surface area (Å²) in [5, 5.41) is 8.84. The van der Waals surface area contributed by atoms with Crippen molar-refractivity contribution in [3.8, 4) is 0 Å². The molecule has 2 aliphatic heterocycles. The van der Waals surface area contributed by atoms with Gasteiger partial charge in [-0.3, -0.25) is 9.59 Å². The summed E-state index contributed by atoms with van der Waals surface area (Å²) in [6.45, 7) is 6.86. The minimum Gasteiger partial charge on any atom is -0.481 e. The number of aliphatic carboxylic acids is 1. The number of amides is 1. The number of carboxylic acids is 1. The molecule has 116 valence electrons. The normalized spacial score (nSPS) is 25.1. The third-order valence-corrected chi connectivity index (χ3v) is 4.13. The molecule has 2 heterocycles. The zero-order chi connectivity index (χ0) is 15.1. The van der Waals surface area contributed by atoms with E-state index in [-0.39, 0.29) is 18.2 Å². The Morgan fingerprint density at radius 2 is 1.80 bits per heavy atom. The van der Waals surface area contributed by atoms with Crippen LogP contribution in [-0.4, -0.2) is 59.5 Å². The summed E-state index contributed by atoms with van der Waals surface area (Å²) in [5.74, 6) is -1.09. The number of piperidine rings is 2. The molecule has 0 aliphatic carbocycles. The van der Waals surface area contributed by atoms with Crippen LogP contribution in [0.2, 0.25) is 0 Å². The molecule has 1 N–H and O–H groups in total. The summed E-state index contributed by atoms with van der Waals surface area (Å²) in [6.07, 6.45) is 3.69. The number of carbonyl (C=O) groups is 2. The highest BCUT2D eigenvalue weighted by Gasteiger charge is 2.35. The zero-order valence-electron chi connectivity index (χ0n) is 13.0. The van der Waals surface area contributed by atoms with Crippen LogP contribution in [0.3, 0.4) is 0 Å². The number of likely N-dealkylation sites (tertiary alicyclic amines) is 2. The Balaban J connectivity index is 0.000000956. The van der Waals surface area contributed by atoms with Gasteiger partial charge in [0.25, 0.3) is 0 Å². The van der Waals surface area contributed by atoms with Gasteiger partial charge in [0.1, 0.15) is 0 Å². The van der Waals surface area contributed by atoms with Crippen LogP contribution in [0.5, 0.6) is 0 Å². The Bertz CT molecular complexity index is 325. The first kappa shape index (κ1) is 17.0. The summed E-state index contributed by atoms with van der Waals surface area (Å²) in [4.78, 5) is 27.3. The summed E-state index contributed by atoms with van der Waals surface area (Å²) in [7, 11) is 2.10. The van der Waals surface area contributed by atoms with Crippen molar-refractivity contribution in [3.63, 3.8) is 0 Å². The van der Waals surface area contributed by atoms with E-state index in [9.17, 15) is 9.59 Å². The number of rotatable bonds is 3. The van der Waals surface area contributed by atoms with Crippen LogP contribution < -0.4 is 0 Å². The Morgan fingerprint density at radius 3 is 2.35 bits per heavy atom.